The molecule has 1 aromatic carbocycles. The number of nitriles is 1. The molecule has 0 spiro atoms. The third-order valence-corrected chi connectivity index (χ3v) is 5.01. The molecular formula is C16H13ClN2OS. The lowest BCUT2D eigenvalue weighted by atomic mass is 9.96. The molecule has 0 atom stereocenters. The van der Waals surface area contributed by atoms with Gasteiger partial charge < -0.3 is 5.11 Å². The summed E-state index contributed by atoms with van der Waals surface area (Å²) >= 11 is 7.50. The number of nitrogens with zero attached hydrogens (tertiary/aromatic N) is 2. The van der Waals surface area contributed by atoms with Gasteiger partial charge in [-0.25, -0.2) is 4.99 Å². The Kier molecular flexibility index (Phi) is 3.96. The first-order chi connectivity index (χ1) is 10.2. The van der Waals surface area contributed by atoms with E-state index in [0.717, 1.165) is 29.8 Å². The van der Waals surface area contributed by atoms with Crippen LogP contribution >= 0.6 is 22.9 Å². The highest BCUT2D eigenvalue weighted by Crippen LogP contribution is 2.39. The molecule has 21 heavy (non-hydrogen) atoms. The van der Waals surface area contributed by atoms with Crippen molar-refractivity contribution in [2.45, 2.75) is 25.7 Å². The minimum absolute atomic E-state index is 0.128. The van der Waals surface area contributed by atoms with Gasteiger partial charge in [0.2, 0.25) is 0 Å². The van der Waals surface area contributed by atoms with E-state index in [2.05, 4.69) is 11.1 Å². The quantitative estimate of drug-likeness (QED) is 0.823. The molecule has 1 N–H and O–H groups in total. The van der Waals surface area contributed by atoms with Crippen LogP contribution in [0.4, 0.5) is 5.00 Å². The average Bonchev–Trinajstić information content (AvgIpc) is 2.85. The number of phenolic OH excluding ortho intramolecular Hbond substituents is 1. The van der Waals surface area contributed by atoms with Gasteiger partial charge in [0.15, 0.2) is 0 Å². The Hall–Kier alpha value is -1.83. The van der Waals surface area contributed by atoms with E-state index < -0.39 is 0 Å². The zero-order valence-electron chi connectivity index (χ0n) is 11.3. The maximum atomic E-state index is 9.79. The first kappa shape index (κ1) is 14.1. The van der Waals surface area contributed by atoms with Gasteiger partial charge in [0, 0.05) is 21.7 Å². The summed E-state index contributed by atoms with van der Waals surface area (Å²) in [6.07, 6.45) is 5.88. The molecule has 0 bridgehead atoms. The summed E-state index contributed by atoms with van der Waals surface area (Å²) in [5, 5.41) is 20.4. The molecule has 1 heterocycles. The van der Waals surface area contributed by atoms with E-state index >= 15 is 0 Å². The van der Waals surface area contributed by atoms with Crippen LogP contribution in [0.3, 0.4) is 0 Å². The van der Waals surface area contributed by atoms with Crippen molar-refractivity contribution in [3.63, 3.8) is 0 Å². The van der Waals surface area contributed by atoms with E-state index in [0.29, 0.717) is 16.1 Å². The van der Waals surface area contributed by atoms with Crippen molar-refractivity contribution in [2.75, 3.05) is 0 Å². The predicted molar refractivity (Wildman–Crippen MR) is 86.0 cm³/mol. The molecule has 0 radical (unpaired) electrons. The van der Waals surface area contributed by atoms with Crippen LogP contribution in [0.2, 0.25) is 5.02 Å². The maximum absolute atomic E-state index is 9.79. The van der Waals surface area contributed by atoms with Crippen molar-refractivity contribution < 1.29 is 5.11 Å². The number of aryl methyl sites for hydroxylation is 1. The smallest absolute Gasteiger partial charge is 0.134 e. The van der Waals surface area contributed by atoms with E-state index in [1.807, 2.05) is 0 Å². The molecule has 1 aliphatic rings. The summed E-state index contributed by atoms with van der Waals surface area (Å²) < 4.78 is 0. The molecule has 3 rings (SSSR count). The molecule has 3 nitrogen and oxygen atoms in total. The van der Waals surface area contributed by atoms with Gasteiger partial charge in [0.05, 0.1) is 5.56 Å². The van der Waals surface area contributed by atoms with Crippen LogP contribution in [0.5, 0.6) is 5.75 Å². The third-order valence-electron chi connectivity index (χ3n) is 3.57. The largest absolute Gasteiger partial charge is 0.507 e. The standard InChI is InChI=1S/C16H13ClN2OS/c17-11-5-6-14(20)10(7-11)9-19-16-13(8-18)12-3-1-2-4-15(12)21-16/h5-7,9,20H,1-4H2/b19-9+. The number of halogens is 1. The number of aromatic hydroxyl groups is 1. The molecule has 1 aromatic heterocycles. The highest BCUT2D eigenvalue weighted by molar-refractivity contribution is 7.16. The normalized spacial score (nSPS) is 14.1. The Bertz CT molecular complexity index is 758. The second kappa shape index (κ2) is 5.88. The molecule has 106 valence electrons. The minimum Gasteiger partial charge on any atom is -0.507 e. The number of aliphatic imine (C=N–C) groups is 1. The van der Waals surface area contributed by atoms with Gasteiger partial charge in [-0.1, -0.05) is 11.6 Å². The summed E-state index contributed by atoms with van der Waals surface area (Å²) in [6, 6.07) is 7.09. The van der Waals surface area contributed by atoms with Gasteiger partial charge in [-0.05, 0) is 49.4 Å². The molecule has 0 amide bonds. The highest BCUT2D eigenvalue weighted by atomic mass is 35.5. The summed E-state index contributed by atoms with van der Waals surface area (Å²) in [4.78, 5) is 5.68. The minimum atomic E-state index is 0.128. The number of benzene rings is 1. The van der Waals surface area contributed by atoms with Crippen LogP contribution in [0.1, 0.15) is 34.4 Å². The summed E-state index contributed by atoms with van der Waals surface area (Å²) in [5.74, 6) is 0.128. The molecule has 0 aliphatic heterocycles. The van der Waals surface area contributed by atoms with Crippen molar-refractivity contribution in [3.05, 3.63) is 44.8 Å². The average molecular weight is 317 g/mol. The molecular weight excluding hydrogens is 304 g/mol. The van der Waals surface area contributed by atoms with Gasteiger partial charge in [0.25, 0.3) is 0 Å². The number of thiophene rings is 1. The van der Waals surface area contributed by atoms with Crippen LogP contribution < -0.4 is 0 Å². The predicted octanol–water partition coefficient (Wildman–Crippen LogP) is 4.61. The third kappa shape index (κ3) is 2.80. The van der Waals surface area contributed by atoms with Gasteiger partial charge in [0.1, 0.15) is 16.8 Å². The van der Waals surface area contributed by atoms with E-state index in [-0.39, 0.29) is 5.75 Å². The first-order valence-electron chi connectivity index (χ1n) is 6.76. The van der Waals surface area contributed by atoms with Gasteiger partial charge in [-0.3, -0.25) is 0 Å². The molecule has 0 unspecified atom stereocenters. The number of fused-ring (bicyclic) bond motifs is 1. The summed E-state index contributed by atoms with van der Waals surface area (Å²) in [5.41, 5.74) is 2.40. The molecule has 0 fully saturated rings. The topological polar surface area (TPSA) is 56.4 Å². The lowest BCUT2D eigenvalue weighted by Crippen LogP contribution is -1.99. The fraction of sp³-hybridized carbons (Fsp3) is 0.250. The van der Waals surface area contributed by atoms with Crippen molar-refractivity contribution in [1.29, 1.82) is 5.26 Å². The molecule has 0 saturated heterocycles. The van der Waals surface area contributed by atoms with Crippen LogP contribution in [0.15, 0.2) is 23.2 Å². The van der Waals surface area contributed by atoms with Crippen molar-refractivity contribution in [1.82, 2.24) is 0 Å². The Morgan fingerprint density at radius 3 is 2.95 bits per heavy atom. The molecule has 2 aromatic rings. The summed E-state index contributed by atoms with van der Waals surface area (Å²) in [6.45, 7) is 0. The second-order valence-corrected chi connectivity index (χ2v) is 6.48. The number of hydrogen-bond acceptors (Lipinski definition) is 4. The fourth-order valence-electron chi connectivity index (χ4n) is 2.51. The highest BCUT2D eigenvalue weighted by Gasteiger charge is 2.20. The van der Waals surface area contributed by atoms with Gasteiger partial charge >= 0.3 is 0 Å². The van der Waals surface area contributed by atoms with E-state index in [4.69, 9.17) is 11.6 Å². The lowest BCUT2D eigenvalue weighted by Gasteiger charge is -2.09. The first-order valence-corrected chi connectivity index (χ1v) is 7.95. The second-order valence-electron chi connectivity index (χ2n) is 4.96. The molecule has 0 saturated carbocycles. The summed E-state index contributed by atoms with van der Waals surface area (Å²) in [7, 11) is 0. The van der Waals surface area contributed by atoms with E-state index in [9.17, 15) is 10.4 Å². The fourth-order valence-corrected chi connectivity index (χ4v) is 3.88. The Labute approximate surface area is 132 Å². The molecule has 1 aliphatic carbocycles. The van der Waals surface area contributed by atoms with Crippen LogP contribution in [-0.4, -0.2) is 11.3 Å². The molecule has 5 heteroatoms. The van der Waals surface area contributed by atoms with Gasteiger partial charge in [-0.2, -0.15) is 5.26 Å². The lowest BCUT2D eigenvalue weighted by molar-refractivity contribution is 0.474. The van der Waals surface area contributed by atoms with Crippen molar-refractivity contribution in [2.24, 2.45) is 4.99 Å². The van der Waals surface area contributed by atoms with E-state index in [1.54, 1.807) is 29.7 Å². The zero-order chi connectivity index (χ0) is 14.8. The van der Waals surface area contributed by atoms with E-state index in [1.165, 1.54) is 17.4 Å². The monoisotopic (exact) mass is 316 g/mol. The Morgan fingerprint density at radius 2 is 2.14 bits per heavy atom. The number of rotatable bonds is 2. The zero-order valence-corrected chi connectivity index (χ0v) is 12.8. The Morgan fingerprint density at radius 1 is 1.33 bits per heavy atom. The van der Waals surface area contributed by atoms with Gasteiger partial charge in [-0.15, -0.1) is 11.3 Å². The SMILES string of the molecule is N#Cc1c(/N=C/c2cc(Cl)ccc2O)sc2c1CCCC2. The van der Waals surface area contributed by atoms with Crippen molar-refractivity contribution >= 4 is 34.2 Å². The number of hydrogen-bond donors (Lipinski definition) is 1. The maximum Gasteiger partial charge on any atom is 0.134 e. The van der Waals surface area contributed by atoms with Crippen molar-refractivity contribution in [3.8, 4) is 11.8 Å². The number of phenols is 1. The van der Waals surface area contributed by atoms with Crippen LogP contribution in [-0.2, 0) is 12.8 Å². The Balaban J connectivity index is 1.98. The van der Waals surface area contributed by atoms with Crippen LogP contribution in [0.25, 0.3) is 0 Å². The van der Waals surface area contributed by atoms with Crippen LogP contribution in [0, 0.1) is 11.3 Å².